The van der Waals surface area contributed by atoms with Gasteiger partial charge in [0.25, 0.3) is 0 Å². The number of aromatic nitrogens is 1. The van der Waals surface area contributed by atoms with E-state index < -0.39 is 18.6 Å². The van der Waals surface area contributed by atoms with E-state index in [1.807, 2.05) is 26.0 Å². The van der Waals surface area contributed by atoms with Crippen LogP contribution in [0.1, 0.15) is 36.9 Å². The van der Waals surface area contributed by atoms with Crippen molar-refractivity contribution in [3.05, 3.63) is 50.2 Å². The molecular weight excluding hydrogens is 452 g/mol. The van der Waals surface area contributed by atoms with Gasteiger partial charge in [0.1, 0.15) is 5.92 Å². The summed E-state index contributed by atoms with van der Waals surface area (Å²) >= 11 is 8.59. The van der Waals surface area contributed by atoms with Crippen molar-refractivity contribution < 1.29 is 13.2 Å². The number of rotatable bonds is 4. The van der Waals surface area contributed by atoms with Gasteiger partial charge in [0.15, 0.2) is 0 Å². The van der Waals surface area contributed by atoms with Crippen molar-refractivity contribution >= 4 is 34.2 Å². The Morgan fingerprint density at radius 1 is 1.21 bits per heavy atom. The number of alkyl halides is 3. The molecule has 0 radical (unpaired) electrons. The number of hydrogen-bond donors (Lipinski definition) is 1. The van der Waals surface area contributed by atoms with Crippen molar-refractivity contribution in [1.29, 1.82) is 0 Å². The van der Waals surface area contributed by atoms with Crippen LogP contribution in [0.2, 0.25) is 5.02 Å². The molecule has 1 atom stereocenters. The average Bonchev–Trinajstić information content (AvgIpc) is 2.48. The number of nitrogens with two attached hydrogens (primary N) is 1. The lowest BCUT2D eigenvalue weighted by Gasteiger charge is -2.21. The molecule has 1 aromatic heterocycles. The number of pyridine rings is 1. The van der Waals surface area contributed by atoms with E-state index in [1.165, 1.54) is 6.07 Å². The maximum absolute atomic E-state index is 13.3. The monoisotopic (exact) mass is 468 g/mol. The zero-order chi connectivity index (χ0) is 18.1. The van der Waals surface area contributed by atoms with E-state index in [9.17, 15) is 13.2 Å². The Hall–Kier alpha value is -0.860. The lowest BCUT2D eigenvalue weighted by molar-refractivity contribution is -0.148. The first kappa shape index (κ1) is 19.5. The van der Waals surface area contributed by atoms with Crippen LogP contribution in [-0.2, 0) is 0 Å². The van der Waals surface area contributed by atoms with Gasteiger partial charge in [-0.05, 0) is 52.3 Å². The fourth-order valence-corrected chi connectivity index (χ4v) is 3.17. The SMILES string of the molecule is CC(C)c1cc([C@@H](CN)C(F)(F)F)nc(-c2ccc(I)cc2)c1Cl. The Labute approximate surface area is 157 Å². The molecule has 0 amide bonds. The fourth-order valence-electron chi connectivity index (χ4n) is 2.39. The van der Waals surface area contributed by atoms with E-state index in [0.29, 0.717) is 21.8 Å². The number of nitrogens with zero attached hydrogens (tertiary/aromatic N) is 1. The molecule has 2 nitrogen and oxygen atoms in total. The Morgan fingerprint density at radius 2 is 1.79 bits per heavy atom. The predicted molar refractivity (Wildman–Crippen MR) is 99.3 cm³/mol. The molecule has 0 aliphatic heterocycles. The van der Waals surface area contributed by atoms with Crippen LogP contribution in [0, 0.1) is 3.57 Å². The van der Waals surface area contributed by atoms with Crippen LogP contribution < -0.4 is 5.73 Å². The summed E-state index contributed by atoms with van der Waals surface area (Å²) in [6.45, 7) is 3.21. The zero-order valence-electron chi connectivity index (χ0n) is 13.2. The van der Waals surface area contributed by atoms with Gasteiger partial charge in [-0.1, -0.05) is 37.6 Å². The number of halogens is 5. The molecule has 1 aromatic carbocycles. The molecule has 0 spiro atoms. The van der Waals surface area contributed by atoms with Crippen molar-refractivity contribution in [2.75, 3.05) is 6.54 Å². The van der Waals surface area contributed by atoms with Crippen molar-refractivity contribution in [3.63, 3.8) is 0 Å². The summed E-state index contributed by atoms with van der Waals surface area (Å²) in [5.74, 6) is -1.84. The first-order valence-corrected chi connectivity index (χ1v) is 8.83. The quantitative estimate of drug-likeness (QED) is 0.582. The molecule has 0 saturated heterocycles. The van der Waals surface area contributed by atoms with E-state index in [0.717, 1.165) is 3.57 Å². The van der Waals surface area contributed by atoms with E-state index >= 15 is 0 Å². The van der Waals surface area contributed by atoms with Gasteiger partial charge in [0, 0.05) is 15.7 Å². The average molecular weight is 469 g/mol. The van der Waals surface area contributed by atoms with Crippen LogP contribution >= 0.6 is 34.2 Å². The van der Waals surface area contributed by atoms with Gasteiger partial charge in [0.2, 0.25) is 0 Å². The third-order valence-corrected chi connectivity index (χ3v) is 4.85. The number of benzene rings is 1. The predicted octanol–water partition coefficient (Wildman–Crippen LogP) is 5.73. The van der Waals surface area contributed by atoms with Gasteiger partial charge in [-0.2, -0.15) is 13.2 Å². The molecule has 0 unspecified atom stereocenters. The molecule has 2 aromatic rings. The smallest absolute Gasteiger partial charge is 0.329 e. The molecule has 0 saturated carbocycles. The molecule has 7 heteroatoms. The molecule has 2 rings (SSSR count). The first-order chi connectivity index (χ1) is 11.1. The molecule has 0 aliphatic rings. The Bertz CT molecular complexity index is 715. The second kappa shape index (κ2) is 7.58. The van der Waals surface area contributed by atoms with Gasteiger partial charge in [-0.3, -0.25) is 4.98 Å². The van der Waals surface area contributed by atoms with Crippen LogP contribution in [0.15, 0.2) is 30.3 Å². The van der Waals surface area contributed by atoms with E-state index in [-0.39, 0.29) is 11.6 Å². The van der Waals surface area contributed by atoms with Crippen LogP contribution in [-0.4, -0.2) is 17.7 Å². The highest BCUT2D eigenvalue weighted by Crippen LogP contribution is 2.39. The summed E-state index contributed by atoms with van der Waals surface area (Å²) in [6, 6.07) is 8.75. The minimum Gasteiger partial charge on any atom is -0.329 e. The summed E-state index contributed by atoms with van der Waals surface area (Å²) in [7, 11) is 0. The maximum atomic E-state index is 13.3. The Morgan fingerprint density at radius 3 is 2.25 bits per heavy atom. The molecule has 0 bridgehead atoms. The van der Waals surface area contributed by atoms with Crippen LogP contribution in [0.5, 0.6) is 0 Å². The number of hydrogen-bond acceptors (Lipinski definition) is 2. The highest BCUT2D eigenvalue weighted by atomic mass is 127. The first-order valence-electron chi connectivity index (χ1n) is 7.38. The molecule has 0 aliphatic carbocycles. The van der Waals surface area contributed by atoms with E-state index in [4.69, 9.17) is 17.3 Å². The van der Waals surface area contributed by atoms with Crippen LogP contribution in [0.25, 0.3) is 11.3 Å². The fraction of sp³-hybridized carbons (Fsp3) is 0.353. The van der Waals surface area contributed by atoms with Crippen molar-refractivity contribution in [3.8, 4) is 11.3 Å². The lowest BCUT2D eigenvalue weighted by atomic mass is 9.95. The van der Waals surface area contributed by atoms with Crippen molar-refractivity contribution in [1.82, 2.24) is 4.98 Å². The molecular formula is C17H17ClF3IN2. The minimum absolute atomic E-state index is 0.0338. The second-order valence-electron chi connectivity index (χ2n) is 5.79. The Balaban J connectivity index is 2.68. The lowest BCUT2D eigenvalue weighted by Crippen LogP contribution is -2.29. The third kappa shape index (κ3) is 4.21. The van der Waals surface area contributed by atoms with Crippen molar-refractivity contribution in [2.24, 2.45) is 5.73 Å². The molecule has 1 heterocycles. The van der Waals surface area contributed by atoms with Gasteiger partial charge >= 0.3 is 6.18 Å². The van der Waals surface area contributed by atoms with Gasteiger partial charge < -0.3 is 5.73 Å². The van der Waals surface area contributed by atoms with Crippen LogP contribution in [0.3, 0.4) is 0 Å². The molecule has 0 fully saturated rings. The molecule has 24 heavy (non-hydrogen) atoms. The Kier molecular flexibility index (Phi) is 6.14. The highest BCUT2D eigenvalue weighted by Gasteiger charge is 2.41. The second-order valence-corrected chi connectivity index (χ2v) is 7.41. The van der Waals surface area contributed by atoms with Gasteiger partial charge in [-0.25, -0.2) is 0 Å². The summed E-state index contributed by atoms with van der Waals surface area (Å²) in [5, 5.41) is 0.382. The molecule has 2 N–H and O–H groups in total. The largest absolute Gasteiger partial charge is 0.398 e. The summed E-state index contributed by atoms with van der Waals surface area (Å²) in [6.07, 6.45) is -4.45. The van der Waals surface area contributed by atoms with E-state index in [2.05, 4.69) is 27.6 Å². The summed E-state index contributed by atoms with van der Waals surface area (Å²) in [4.78, 5) is 4.22. The normalized spacial score (nSPS) is 13.4. The van der Waals surface area contributed by atoms with Crippen molar-refractivity contribution in [2.45, 2.75) is 31.9 Å². The summed E-state index contributed by atoms with van der Waals surface area (Å²) < 4.78 is 40.8. The minimum atomic E-state index is -4.45. The summed E-state index contributed by atoms with van der Waals surface area (Å²) in [5.41, 5.74) is 6.96. The van der Waals surface area contributed by atoms with Gasteiger partial charge in [0.05, 0.1) is 16.4 Å². The standard InChI is InChI=1S/C17H17ClF3IN2/c1-9(2)12-7-14(13(8-23)17(19,20)21)24-16(15(12)18)10-3-5-11(22)6-4-10/h3-7,9,13H,8,23H2,1-2H3/t13-/m1/s1. The van der Waals surface area contributed by atoms with Gasteiger partial charge in [-0.15, -0.1) is 0 Å². The third-order valence-electron chi connectivity index (χ3n) is 3.73. The zero-order valence-corrected chi connectivity index (χ0v) is 16.1. The maximum Gasteiger partial charge on any atom is 0.398 e. The van der Waals surface area contributed by atoms with E-state index in [1.54, 1.807) is 12.1 Å². The topological polar surface area (TPSA) is 38.9 Å². The highest BCUT2D eigenvalue weighted by molar-refractivity contribution is 14.1. The molecule has 130 valence electrons. The van der Waals surface area contributed by atoms with Crippen LogP contribution in [0.4, 0.5) is 13.2 Å².